The molecule has 3 rings (SSSR count). The largest absolute Gasteiger partial charge is 0.486 e. The Morgan fingerprint density at radius 3 is 2.76 bits per heavy atom. The van der Waals surface area contributed by atoms with E-state index in [1.54, 1.807) is 35.0 Å². The van der Waals surface area contributed by atoms with Crippen LogP contribution in [0.25, 0.3) is 5.70 Å². The molecule has 0 aliphatic carbocycles. The van der Waals surface area contributed by atoms with Gasteiger partial charge < -0.3 is 4.74 Å². The Balaban J connectivity index is 2.32. The first-order valence-electron chi connectivity index (χ1n) is 6.77. The number of carbonyl (C=O) groups is 1. The number of aromatic nitrogens is 1. The average Bonchev–Trinajstić information content (AvgIpc) is 2.49. The van der Waals surface area contributed by atoms with Crippen molar-refractivity contribution in [2.75, 3.05) is 0 Å². The predicted octanol–water partition coefficient (Wildman–Crippen LogP) is 2.72. The lowest BCUT2D eigenvalue weighted by molar-refractivity contribution is 0.112. The Kier molecular flexibility index (Phi) is 3.22. The van der Waals surface area contributed by atoms with E-state index in [1.807, 2.05) is 19.9 Å². The van der Waals surface area contributed by atoms with Crippen LogP contribution in [0.3, 0.4) is 0 Å². The number of rotatable bonds is 2. The standard InChI is InChI=1S/C17H15NO3/c1-11-12(2)21-15-7-6-13(10-19)9-14(15)17(11)18-8-4-3-5-16(18)20/h3-10,12H,1-2H3. The lowest BCUT2D eigenvalue weighted by atomic mass is 9.98. The van der Waals surface area contributed by atoms with E-state index < -0.39 is 0 Å². The van der Waals surface area contributed by atoms with Crippen LogP contribution in [0.1, 0.15) is 29.8 Å². The number of pyridine rings is 1. The SMILES string of the molecule is CC1=C(n2ccccc2=O)c2cc(C=O)ccc2OC1C. The molecular formula is C17H15NO3. The molecule has 0 bridgehead atoms. The number of benzene rings is 1. The van der Waals surface area contributed by atoms with Crippen molar-refractivity contribution >= 4 is 12.0 Å². The molecular weight excluding hydrogens is 266 g/mol. The zero-order chi connectivity index (χ0) is 15.0. The fourth-order valence-electron chi connectivity index (χ4n) is 2.52. The topological polar surface area (TPSA) is 48.3 Å². The third-order valence-corrected chi connectivity index (χ3v) is 3.75. The highest BCUT2D eigenvalue weighted by molar-refractivity contribution is 5.82. The number of fused-ring (bicyclic) bond motifs is 1. The van der Waals surface area contributed by atoms with Crippen molar-refractivity contribution in [2.45, 2.75) is 20.0 Å². The number of aldehydes is 1. The zero-order valence-corrected chi connectivity index (χ0v) is 11.9. The molecule has 106 valence electrons. The van der Waals surface area contributed by atoms with Crippen LogP contribution in [0, 0.1) is 0 Å². The Hall–Kier alpha value is -2.62. The van der Waals surface area contributed by atoms with Crippen molar-refractivity contribution in [1.29, 1.82) is 0 Å². The fraction of sp³-hybridized carbons (Fsp3) is 0.176. The minimum absolute atomic E-state index is 0.108. The van der Waals surface area contributed by atoms with Gasteiger partial charge in [0.15, 0.2) is 0 Å². The van der Waals surface area contributed by atoms with Crippen molar-refractivity contribution in [3.63, 3.8) is 0 Å². The molecule has 0 radical (unpaired) electrons. The van der Waals surface area contributed by atoms with Gasteiger partial charge in [0.25, 0.3) is 5.56 Å². The molecule has 1 atom stereocenters. The van der Waals surface area contributed by atoms with Gasteiger partial charge in [0.05, 0.1) is 5.70 Å². The van der Waals surface area contributed by atoms with Crippen LogP contribution in [-0.4, -0.2) is 17.0 Å². The highest BCUT2D eigenvalue weighted by Gasteiger charge is 2.25. The summed E-state index contributed by atoms with van der Waals surface area (Å²) in [5.41, 5.74) is 2.96. The van der Waals surface area contributed by atoms with Crippen molar-refractivity contribution in [3.05, 3.63) is 69.6 Å². The second kappa shape index (κ2) is 5.05. The minimum Gasteiger partial charge on any atom is -0.486 e. The maximum Gasteiger partial charge on any atom is 0.255 e. The van der Waals surface area contributed by atoms with Gasteiger partial charge in [-0.3, -0.25) is 14.2 Å². The predicted molar refractivity (Wildman–Crippen MR) is 80.6 cm³/mol. The highest BCUT2D eigenvalue weighted by Crippen LogP contribution is 2.36. The molecule has 4 heteroatoms. The van der Waals surface area contributed by atoms with E-state index in [0.717, 1.165) is 23.1 Å². The van der Waals surface area contributed by atoms with Crippen LogP contribution in [-0.2, 0) is 0 Å². The van der Waals surface area contributed by atoms with Crippen molar-refractivity contribution in [2.24, 2.45) is 0 Å². The second-order valence-electron chi connectivity index (χ2n) is 5.07. The van der Waals surface area contributed by atoms with E-state index in [2.05, 4.69) is 0 Å². The quantitative estimate of drug-likeness (QED) is 0.795. The fourth-order valence-corrected chi connectivity index (χ4v) is 2.52. The van der Waals surface area contributed by atoms with Crippen LogP contribution in [0.4, 0.5) is 0 Å². The smallest absolute Gasteiger partial charge is 0.255 e. The number of ether oxygens (including phenoxy) is 1. The molecule has 0 fully saturated rings. The van der Waals surface area contributed by atoms with Crippen LogP contribution >= 0.6 is 0 Å². The molecule has 0 amide bonds. The van der Waals surface area contributed by atoms with E-state index in [-0.39, 0.29) is 11.7 Å². The van der Waals surface area contributed by atoms with Crippen molar-refractivity contribution in [1.82, 2.24) is 4.57 Å². The van der Waals surface area contributed by atoms with Gasteiger partial charge >= 0.3 is 0 Å². The molecule has 0 saturated carbocycles. The summed E-state index contributed by atoms with van der Waals surface area (Å²) >= 11 is 0. The van der Waals surface area contributed by atoms with Crippen LogP contribution in [0.2, 0.25) is 0 Å². The zero-order valence-electron chi connectivity index (χ0n) is 11.9. The first-order chi connectivity index (χ1) is 10.1. The van der Waals surface area contributed by atoms with Gasteiger partial charge in [0.1, 0.15) is 18.1 Å². The summed E-state index contributed by atoms with van der Waals surface area (Å²) in [6, 6.07) is 10.3. The lowest BCUT2D eigenvalue weighted by Crippen LogP contribution is -2.27. The molecule has 1 aliphatic rings. The molecule has 4 nitrogen and oxygen atoms in total. The number of nitrogens with zero attached hydrogens (tertiary/aromatic N) is 1. The molecule has 1 aromatic heterocycles. The third kappa shape index (κ3) is 2.18. The Bertz CT molecular complexity index is 802. The summed E-state index contributed by atoms with van der Waals surface area (Å²) in [5, 5.41) is 0. The van der Waals surface area contributed by atoms with Gasteiger partial charge in [-0.2, -0.15) is 0 Å². The monoisotopic (exact) mass is 281 g/mol. The molecule has 0 saturated heterocycles. The number of hydrogen-bond donors (Lipinski definition) is 0. The average molecular weight is 281 g/mol. The van der Waals surface area contributed by atoms with Gasteiger partial charge in [0, 0.05) is 23.4 Å². The maximum atomic E-state index is 12.2. The van der Waals surface area contributed by atoms with Gasteiger partial charge in [-0.05, 0) is 43.7 Å². The Morgan fingerprint density at radius 1 is 1.24 bits per heavy atom. The van der Waals surface area contributed by atoms with E-state index in [0.29, 0.717) is 11.3 Å². The summed E-state index contributed by atoms with van der Waals surface area (Å²) in [7, 11) is 0. The molecule has 1 aliphatic heterocycles. The number of hydrogen-bond acceptors (Lipinski definition) is 3. The number of carbonyl (C=O) groups excluding carboxylic acids is 1. The molecule has 2 aromatic rings. The van der Waals surface area contributed by atoms with Crippen LogP contribution < -0.4 is 10.3 Å². The molecule has 2 heterocycles. The van der Waals surface area contributed by atoms with Gasteiger partial charge in [-0.1, -0.05) is 6.07 Å². The van der Waals surface area contributed by atoms with Gasteiger partial charge in [-0.25, -0.2) is 0 Å². The summed E-state index contributed by atoms with van der Waals surface area (Å²) in [5.74, 6) is 0.685. The third-order valence-electron chi connectivity index (χ3n) is 3.75. The molecule has 0 spiro atoms. The Labute approximate surface area is 122 Å². The summed E-state index contributed by atoms with van der Waals surface area (Å²) < 4.78 is 7.44. The van der Waals surface area contributed by atoms with E-state index in [1.165, 1.54) is 6.07 Å². The van der Waals surface area contributed by atoms with E-state index in [4.69, 9.17) is 4.74 Å². The molecule has 1 unspecified atom stereocenters. The van der Waals surface area contributed by atoms with E-state index >= 15 is 0 Å². The first-order valence-corrected chi connectivity index (χ1v) is 6.77. The van der Waals surface area contributed by atoms with Crippen molar-refractivity contribution < 1.29 is 9.53 Å². The first kappa shape index (κ1) is 13.4. The summed E-state index contributed by atoms with van der Waals surface area (Å²) in [6.45, 7) is 3.88. The molecule has 21 heavy (non-hydrogen) atoms. The summed E-state index contributed by atoms with van der Waals surface area (Å²) in [4.78, 5) is 23.2. The second-order valence-corrected chi connectivity index (χ2v) is 5.07. The van der Waals surface area contributed by atoms with Gasteiger partial charge in [-0.15, -0.1) is 0 Å². The van der Waals surface area contributed by atoms with E-state index in [9.17, 15) is 9.59 Å². The molecule has 1 aromatic carbocycles. The maximum absolute atomic E-state index is 12.2. The minimum atomic E-state index is -0.123. The normalized spacial score (nSPS) is 17.1. The highest BCUT2D eigenvalue weighted by atomic mass is 16.5. The summed E-state index contributed by atoms with van der Waals surface area (Å²) in [6.07, 6.45) is 2.40. The van der Waals surface area contributed by atoms with Crippen molar-refractivity contribution in [3.8, 4) is 5.75 Å². The molecule has 0 N–H and O–H groups in total. The van der Waals surface area contributed by atoms with Crippen LogP contribution in [0.5, 0.6) is 5.75 Å². The Morgan fingerprint density at radius 2 is 2.05 bits per heavy atom. The lowest BCUT2D eigenvalue weighted by Gasteiger charge is -2.28. The van der Waals surface area contributed by atoms with Crippen LogP contribution in [0.15, 0.2) is 53.0 Å². The van der Waals surface area contributed by atoms with Gasteiger partial charge in [0.2, 0.25) is 0 Å².